The van der Waals surface area contributed by atoms with Crippen LogP contribution in [0.2, 0.25) is 0 Å². The maximum Gasteiger partial charge on any atom is 0.317 e. The molecule has 2 aliphatic heterocycles. The fourth-order valence-electron chi connectivity index (χ4n) is 3.05. The highest BCUT2D eigenvalue weighted by Crippen LogP contribution is 2.19. The molecule has 2 rings (SSSR count). The van der Waals surface area contributed by atoms with Gasteiger partial charge in [-0.25, -0.2) is 4.79 Å². The molecule has 2 heterocycles. The van der Waals surface area contributed by atoms with E-state index in [0.717, 1.165) is 52.0 Å². The Hall–Kier alpha value is -1.34. The molecule has 0 aliphatic carbocycles. The summed E-state index contributed by atoms with van der Waals surface area (Å²) in [6, 6.07) is -0.255. The van der Waals surface area contributed by atoms with Crippen LogP contribution < -0.4 is 10.6 Å². The van der Waals surface area contributed by atoms with Gasteiger partial charge in [-0.3, -0.25) is 4.79 Å². The minimum atomic E-state index is -0.835. The Morgan fingerprint density at radius 1 is 1.24 bits per heavy atom. The van der Waals surface area contributed by atoms with Crippen LogP contribution in [0.15, 0.2) is 0 Å². The van der Waals surface area contributed by atoms with Gasteiger partial charge in [-0.2, -0.15) is 0 Å². The zero-order valence-corrected chi connectivity index (χ0v) is 12.5. The van der Waals surface area contributed by atoms with Gasteiger partial charge in [0.05, 0.1) is 6.42 Å². The van der Waals surface area contributed by atoms with Crippen LogP contribution in [-0.4, -0.2) is 78.8 Å². The number of rotatable bonds is 6. The van der Waals surface area contributed by atoms with Crippen molar-refractivity contribution in [3.05, 3.63) is 0 Å². The van der Waals surface area contributed by atoms with Crippen molar-refractivity contribution >= 4 is 12.0 Å². The predicted molar refractivity (Wildman–Crippen MR) is 79.3 cm³/mol. The molecule has 7 heteroatoms. The van der Waals surface area contributed by atoms with Gasteiger partial charge in [0.1, 0.15) is 0 Å². The molecule has 0 spiro atoms. The number of hydrogen-bond donors (Lipinski definition) is 3. The Morgan fingerprint density at radius 3 is 2.71 bits per heavy atom. The summed E-state index contributed by atoms with van der Waals surface area (Å²) < 4.78 is 0. The van der Waals surface area contributed by atoms with Crippen molar-refractivity contribution in [2.24, 2.45) is 0 Å². The van der Waals surface area contributed by atoms with Gasteiger partial charge in [0.2, 0.25) is 0 Å². The molecule has 2 fully saturated rings. The number of aliphatic carboxylic acids is 1. The molecule has 0 aromatic heterocycles. The number of carbonyl (C=O) groups excluding carboxylic acids is 1. The topological polar surface area (TPSA) is 84.9 Å². The number of carboxylic acid groups (broad SMARTS) is 1. The minimum absolute atomic E-state index is 0.0498. The molecular formula is C14H26N4O3. The molecule has 2 amide bonds. The Bertz CT molecular complexity index is 358. The van der Waals surface area contributed by atoms with E-state index in [1.54, 1.807) is 4.90 Å². The fourth-order valence-corrected chi connectivity index (χ4v) is 3.05. The third-order valence-electron chi connectivity index (χ3n) is 4.19. The van der Waals surface area contributed by atoms with Crippen LogP contribution in [0.1, 0.15) is 25.7 Å². The van der Waals surface area contributed by atoms with Gasteiger partial charge in [-0.15, -0.1) is 0 Å². The number of amides is 2. The quantitative estimate of drug-likeness (QED) is 0.598. The zero-order valence-electron chi connectivity index (χ0n) is 12.5. The summed E-state index contributed by atoms with van der Waals surface area (Å²) in [5.74, 6) is -0.835. The Morgan fingerprint density at radius 2 is 2.00 bits per heavy atom. The molecule has 0 bridgehead atoms. The van der Waals surface area contributed by atoms with Gasteiger partial charge in [0.15, 0.2) is 0 Å². The summed E-state index contributed by atoms with van der Waals surface area (Å²) in [4.78, 5) is 27.0. The van der Waals surface area contributed by atoms with Gasteiger partial charge >= 0.3 is 12.0 Å². The molecule has 21 heavy (non-hydrogen) atoms. The van der Waals surface area contributed by atoms with Crippen molar-refractivity contribution in [2.75, 3.05) is 45.8 Å². The first-order chi connectivity index (χ1) is 10.2. The molecule has 7 nitrogen and oxygen atoms in total. The Balaban J connectivity index is 1.63. The molecule has 3 N–H and O–H groups in total. The lowest BCUT2D eigenvalue weighted by molar-refractivity contribution is -0.137. The van der Waals surface area contributed by atoms with E-state index in [9.17, 15) is 9.59 Å². The first kappa shape index (κ1) is 16.0. The van der Waals surface area contributed by atoms with Crippen molar-refractivity contribution < 1.29 is 14.7 Å². The largest absolute Gasteiger partial charge is 0.481 e. The summed E-state index contributed by atoms with van der Waals surface area (Å²) in [5, 5.41) is 15.1. The molecule has 0 saturated carbocycles. The first-order valence-electron chi connectivity index (χ1n) is 7.86. The molecule has 120 valence electrons. The molecular weight excluding hydrogens is 272 g/mol. The molecule has 1 unspecified atom stereocenters. The Kier molecular flexibility index (Phi) is 6.25. The van der Waals surface area contributed by atoms with E-state index in [4.69, 9.17) is 5.11 Å². The third-order valence-corrected chi connectivity index (χ3v) is 4.19. The SMILES string of the molecule is O=C(O)CC1CCCN1C(=O)NCCCN1CCNCC1. The van der Waals surface area contributed by atoms with E-state index in [0.29, 0.717) is 13.1 Å². The molecule has 2 aliphatic rings. The van der Waals surface area contributed by atoms with Crippen molar-refractivity contribution in [3.8, 4) is 0 Å². The van der Waals surface area contributed by atoms with Gasteiger partial charge < -0.3 is 25.5 Å². The molecule has 1 atom stereocenters. The van der Waals surface area contributed by atoms with Gasteiger partial charge in [0.25, 0.3) is 0 Å². The summed E-state index contributed by atoms with van der Waals surface area (Å²) in [5.41, 5.74) is 0. The van der Waals surface area contributed by atoms with E-state index in [-0.39, 0.29) is 18.5 Å². The lowest BCUT2D eigenvalue weighted by Gasteiger charge is -2.27. The third kappa shape index (κ3) is 5.17. The average molecular weight is 298 g/mol. The van der Waals surface area contributed by atoms with E-state index in [1.807, 2.05) is 0 Å². The normalized spacial score (nSPS) is 23.2. The highest BCUT2D eigenvalue weighted by atomic mass is 16.4. The van der Waals surface area contributed by atoms with E-state index in [2.05, 4.69) is 15.5 Å². The zero-order chi connectivity index (χ0) is 15.1. The average Bonchev–Trinajstić information content (AvgIpc) is 2.92. The van der Waals surface area contributed by atoms with Crippen LogP contribution in [0.4, 0.5) is 4.79 Å². The smallest absolute Gasteiger partial charge is 0.317 e. The predicted octanol–water partition coefficient (Wildman–Crippen LogP) is -0.0696. The Labute approximate surface area is 125 Å². The number of carbonyl (C=O) groups is 2. The van der Waals surface area contributed by atoms with Gasteiger partial charge in [0, 0.05) is 45.3 Å². The second-order valence-electron chi connectivity index (χ2n) is 5.76. The van der Waals surface area contributed by atoms with Crippen molar-refractivity contribution in [3.63, 3.8) is 0 Å². The summed E-state index contributed by atoms with van der Waals surface area (Å²) in [7, 11) is 0. The van der Waals surface area contributed by atoms with Crippen LogP contribution in [0.25, 0.3) is 0 Å². The van der Waals surface area contributed by atoms with Crippen molar-refractivity contribution in [1.29, 1.82) is 0 Å². The van der Waals surface area contributed by atoms with Crippen LogP contribution in [0.5, 0.6) is 0 Å². The molecule has 0 aromatic rings. The van der Waals surface area contributed by atoms with E-state index >= 15 is 0 Å². The number of urea groups is 1. The minimum Gasteiger partial charge on any atom is -0.481 e. The van der Waals surface area contributed by atoms with Crippen LogP contribution in [0, 0.1) is 0 Å². The highest BCUT2D eigenvalue weighted by Gasteiger charge is 2.30. The van der Waals surface area contributed by atoms with Gasteiger partial charge in [-0.05, 0) is 25.8 Å². The molecule has 2 saturated heterocycles. The maximum absolute atomic E-state index is 12.1. The number of piperazine rings is 1. The fraction of sp³-hybridized carbons (Fsp3) is 0.857. The molecule has 0 radical (unpaired) electrons. The number of likely N-dealkylation sites (tertiary alicyclic amines) is 1. The number of nitrogens with one attached hydrogen (secondary N) is 2. The second kappa shape index (κ2) is 8.19. The lowest BCUT2D eigenvalue weighted by atomic mass is 10.1. The maximum atomic E-state index is 12.1. The van der Waals surface area contributed by atoms with Crippen LogP contribution >= 0.6 is 0 Å². The lowest BCUT2D eigenvalue weighted by Crippen LogP contribution is -2.46. The number of nitrogens with zero attached hydrogens (tertiary/aromatic N) is 2. The standard InChI is InChI=1S/C14H26N4O3/c19-13(20)11-12-3-1-8-18(12)14(21)16-4-2-7-17-9-5-15-6-10-17/h12,15H,1-11H2,(H,16,21)(H,19,20). The first-order valence-corrected chi connectivity index (χ1v) is 7.86. The monoisotopic (exact) mass is 298 g/mol. The summed E-state index contributed by atoms with van der Waals surface area (Å²) in [6.45, 7) is 6.54. The van der Waals surface area contributed by atoms with E-state index < -0.39 is 5.97 Å². The second-order valence-corrected chi connectivity index (χ2v) is 5.76. The molecule has 0 aromatic carbocycles. The number of hydrogen-bond acceptors (Lipinski definition) is 4. The van der Waals surface area contributed by atoms with E-state index in [1.165, 1.54) is 0 Å². The van der Waals surface area contributed by atoms with Crippen molar-refractivity contribution in [2.45, 2.75) is 31.7 Å². The number of carboxylic acids is 1. The summed E-state index contributed by atoms with van der Waals surface area (Å²) in [6.07, 6.45) is 2.67. The summed E-state index contributed by atoms with van der Waals surface area (Å²) >= 11 is 0. The van der Waals surface area contributed by atoms with Crippen LogP contribution in [0.3, 0.4) is 0 Å². The van der Waals surface area contributed by atoms with Gasteiger partial charge in [-0.1, -0.05) is 0 Å². The van der Waals surface area contributed by atoms with Crippen molar-refractivity contribution in [1.82, 2.24) is 20.4 Å². The highest BCUT2D eigenvalue weighted by molar-refractivity contribution is 5.76. The van der Waals surface area contributed by atoms with Crippen LogP contribution in [-0.2, 0) is 4.79 Å².